The van der Waals surface area contributed by atoms with Gasteiger partial charge in [-0.15, -0.1) is 0 Å². The maximum Gasteiger partial charge on any atom is 0.324 e. The second-order valence-electron chi connectivity index (χ2n) is 4.96. The number of anilines is 1. The van der Waals surface area contributed by atoms with Crippen molar-refractivity contribution in [1.82, 2.24) is 4.90 Å². The number of para-hydroxylation sites is 1. The number of piperidine rings is 1. The van der Waals surface area contributed by atoms with Gasteiger partial charge in [0, 0.05) is 20.1 Å². The Kier molecular flexibility index (Phi) is 3.84. The molecule has 1 aliphatic rings. The number of urea groups is 1. The van der Waals surface area contributed by atoms with Crippen molar-refractivity contribution in [2.75, 3.05) is 25.0 Å². The van der Waals surface area contributed by atoms with E-state index in [4.69, 9.17) is 0 Å². The van der Waals surface area contributed by atoms with Crippen molar-refractivity contribution in [3.8, 4) is 0 Å². The molecule has 1 fully saturated rings. The molecule has 98 valence electrons. The van der Waals surface area contributed by atoms with Gasteiger partial charge < -0.3 is 4.90 Å². The molecular formula is C14H19FN2O. The molecule has 2 amide bonds. The average molecular weight is 250 g/mol. The third-order valence-electron chi connectivity index (χ3n) is 3.55. The molecule has 0 unspecified atom stereocenters. The van der Waals surface area contributed by atoms with Gasteiger partial charge >= 0.3 is 6.03 Å². The minimum Gasteiger partial charge on any atom is -0.324 e. The Morgan fingerprint density at radius 1 is 1.33 bits per heavy atom. The van der Waals surface area contributed by atoms with Gasteiger partial charge in [-0.05, 0) is 30.9 Å². The first-order chi connectivity index (χ1) is 8.59. The van der Waals surface area contributed by atoms with E-state index >= 15 is 0 Å². The summed E-state index contributed by atoms with van der Waals surface area (Å²) in [5, 5.41) is 0. The summed E-state index contributed by atoms with van der Waals surface area (Å²) in [6.07, 6.45) is 2.05. The first-order valence-corrected chi connectivity index (χ1v) is 6.36. The molecule has 0 radical (unpaired) electrons. The van der Waals surface area contributed by atoms with Crippen LogP contribution >= 0.6 is 0 Å². The summed E-state index contributed by atoms with van der Waals surface area (Å²) < 4.78 is 13.6. The zero-order valence-electron chi connectivity index (χ0n) is 10.9. The highest BCUT2D eigenvalue weighted by Gasteiger charge is 2.24. The van der Waals surface area contributed by atoms with Gasteiger partial charge in [-0.3, -0.25) is 4.90 Å². The second-order valence-corrected chi connectivity index (χ2v) is 4.96. The van der Waals surface area contributed by atoms with E-state index in [-0.39, 0.29) is 11.8 Å². The van der Waals surface area contributed by atoms with Crippen LogP contribution in [0, 0.1) is 11.7 Å². The highest BCUT2D eigenvalue weighted by Crippen LogP contribution is 2.21. The monoisotopic (exact) mass is 250 g/mol. The number of rotatable bonds is 1. The summed E-state index contributed by atoms with van der Waals surface area (Å²) in [6.45, 7) is 3.72. The molecule has 4 heteroatoms. The topological polar surface area (TPSA) is 23.6 Å². The third-order valence-corrected chi connectivity index (χ3v) is 3.55. The van der Waals surface area contributed by atoms with E-state index in [1.54, 1.807) is 30.1 Å². The Morgan fingerprint density at radius 3 is 2.56 bits per heavy atom. The van der Waals surface area contributed by atoms with Gasteiger partial charge in [0.2, 0.25) is 0 Å². The number of nitrogens with zero attached hydrogens (tertiary/aromatic N) is 2. The minimum atomic E-state index is -0.362. The van der Waals surface area contributed by atoms with Crippen molar-refractivity contribution in [2.24, 2.45) is 5.92 Å². The lowest BCUT2D eigenvalue weighted by Crippen LogP contribution is -2.45. The Balaban J connectivity index is 2.07. The number of benzene rings is 1. The van der Waals surface area contributed by atoms with Crippen LogP contribution in [0.4, 0.5) is 14.9 Å². The molecule has 0 aliphatic carbocycles. The molecule has 1 aromatic carbocycles. The van der Waals surface area contributed by atoms with E-state index in [2.05, 4.69) is 6.92 Å². The molecule has 0 atom stereocenters. The predicted octanol–water partition coefficient (Wildman–Crippen LogP) is 3.11. The maximum atomic E-state index is 13.6. The van der Waals surface area contributed by atoms with Crippen LogP contribution in [0.15, 0.2) is 24.3 Å². The summed E-state index contributed by atoms with van der Waals surface area (Å²) in [6, 6.07) is 6.24. The second kappa shape index (κ2) is 5.38. The molecule has 0 aromatic heterocycles. The van der Waals surface area contributed by atoms with Crippen LogP contribution in [0.2, 0.25) is 0 Å². The van der Waals surface area contributed by atoms with Gasteiger partial charge in [0.15, 0.2) is 0 Å². The highest BCUT2D eigenvalue weighted by atomic mass is 19.1. The van der Waals surface area contributed by atoms with Crippen LogP contribution in [0.1, 0.15) is 19.8 Å². The van der Waals surface area contributed by atoms with Crippen LogP contribution in [0.3, 0.4) is 0 Å². The first-order valence-electron chi connectivity index (χ1n) is 6.36. The molecule has 1 aromatic rings. The van der Waals surface area contributed by atoms with E-state index in [1.165, 1.54) is 11.0 Å². The Morgan fingerprint density at radius 2 is 1.94 bits per heavy atom. The molecule has 1 aliphatic heterocycles. The lowest BCUT2D eigenvalue weighted by Gasteiger charge is -2.33. The summed E-state index contributed by atoms with van der Waals surface area (Å²) >= 11 is 0. The first kappa shape index (κ1) is 12.9. The SMILES string of the molecule is CC1CCN(C(=O)N(C)c2ccccc2F)CC1. The van der Waals surface area contributed by atoms with Crippen molar-refractivity contribution < 1.29 is 9.18 Å². The molecule has 3 nitrogen and oxygen atoms in total. The van der Waals surface area contributed by atoms with Crippen molar-refractivity contribution in [3.63, 3.8) is 0 Å². The quantitative estimate of drug-likeness (QED) is 0.751. The molecule has 0 N–H and O–H groups in total. The molecular weight excluding hydrogens is 231 g/mol. The van der Waals surface area contributed by atoms with Crippen LogP contribution in [-0.2, 0) is 0 Å². The van der Waals surface area contributed by atoms with Gasteiger partial charge in [-0.1, -0.05) is 19.1 Å². The third kappa shape index (κ3) is 2.63. The summed E-state index contributed by atoms with van der Waals surface area (Å²) in [4.78, 5) is 15.4. The van der Waals surface area contributed by atoms with E-state index in [0.29, 0.717) is 11.6 Å². The zero-order chi connectivity index (χ0) is 13.1. The Labute approximate surface area is 107 Å². The summed E-state index contributed by atoms with van der Waals surface area (Å²) in [7, 11) is 1.62. The number of carbonyl (C=O) groups excluding carboxylic acids is 1. The van der Waals surface area contributed by atoms with Gasteiger partial charge in [-0.2, -0.15) is 0 Å². The van der Waals surface area contributed by atoms with Crippen molar-refractivity contribution >= 4 is 11.7 Å². The lowest BCUT2D eigenvalue weighted by atomic mass is 9.99. The number of amides is 2. The molecule has 0 bridgehead atoms. The zero-order valence-corrected chi connectivity index (χ0v) is 10.9. The minimum absolute atomic E-state index is 0.119. The van der Waals surface area contributed by atoms with Gasteiger partial charge in [0.25, 0.3) is 0 Å². The van der Waals surface area contributed by atoms with Crippen LogP contribution < -0.4 is 4.90 Å². The van der Waals surface area contributed by atoms with E-state index in [9.17, 15) is 9.18 Å². The maximum absolute atomic E-state index is 13.6. The number of halogens is 1. The Bertz CT molecular complexity index is 428. The fraction of sp³-hybridized carbons (Fsp3) is 0.500. The largest absolute Gasteiger partial charge is 0.324 e. The number of likely N-dealkylation sites (tertiary alicyclic amines) is 1. The molecule has 1 saturated heterocycles. The van der Waals surface area contributed by atoms with Crippen LogP contribution in [0.5, 0.6) is 0 Å². The fourth-order valence-electron chi connectivity index (χ4n) is 2.24. The van der Waals surface area contributed by atoms with E-state index in [1.807, 2.05) is 0 Å². The number of hydrogen-bond acceptors (Lipinski definition) is 1. The lowest BCUT2D eigenvalue weighted by molar-refractivity contribution is 0.181. The molecule has 18 heavy (non-hydrogen) atoms. The number of carbonyl (C=O) groups is 1. The smallest absolute Gasteiger partial charge is 0.324 e. The van der Waals surface area contributed by atoms with E-state index < -0.39 is 0 Å². The molecule has 2 rings (SSSR count). The van der Waals surface area contributed by atoms with Gasteiger partial charge in [0.1, 0.15) is 5.82 Å². The van der Waals surface area contributed by atoms with Crippen LogP contribution in [-0.4, -0.2) is 31.1 Å². The van der Waals surface area contributed by atoms with Crippen molar-refractivity contribution in [1.29, 1.82) is 0 Å². The predicted molar refractivity (Wildman–Crippen MR) is 70.2 cm³/mol. The molecule has 0 spiro atoms. The van der Waals surface area contributed by atoms with Crippen molar-refractivity contribution in [3.05, 3.63) is 30.1 Å². The molecule has 0 saturated carbocycles. The fourth-order valence-corrected chi connectivity index (χ4v) is 2.24. The highest BCUT2D eigenvalue weighted by molar-refractivity contribution is 5.91. The van der Waals surface area contributed by atoms with E-state index in [0.717, 1.165) is 25.9 Å². The summed E-state index contributed by atoms with van der Waals surface area (Å²) in [5.41, 5.74) is 0.334. The van der Waals surface area contributed by atoms with Gasteiger partial charge in [0.05, 0.1) is 5.69 Å². The van der Waals surface area contributed by atoms with Crippen LogP contribution in [0.25, 0.3) is 0 Å². The average Bonchev–Trinajstić information content (AvgIpc) is 2.38. The normalized spacial score (nSPS) is 16.7. The molecule has 1 heterocycles. The summed E-state index contributed by atoms with van der Waals surface area (Å²) in [5.74, 6) is 0.312. The Hall–Kier alpha value is -1.58. The number of hydrogen-bond donors (Lipinski definition) is 0. The van der Waals surface area contributed by atoms with Gasteiger partial charge in [-0.25, -0.2) is 9.18 Å². The standard InChI is InChI=1S/C14H19FN2O/c1-11-7-9-17(10-8-11)14(18)16(2)13-6-4-3-5-12(13)15/h3-6,11H,7-10H2,1-2H3. The van der Waals surface area contributed by atoms with Crippen molar-refractivity contribution in [2.45, 2.75) is 19.8 Å².